The fraction of sp³-hybridized carbons (Fsp3) is 0.188. The maximum absolute atomic E-state index is 6.17. The number of nitrogens with two attached hydrogens (primary N) is 1. The van der Waals surface area contributed by atoms with Crippen molar-refractivity contribution in [2.75, 3.05) is 13.7 Å². The van der Waals surface area contributed by atoms with Crippen LogP contribution in [0.2, 0.25) is 5.02 Å². The molecule has 2 aromatic carbocycles. The quantitative estimate of drug-likeness (QED) is 0.818. The van der Waals surface area contributed by atoms with E-state index in [1.54, 1.807) is 25.3 Å². The number of halogens is 1. The highest BCUT2D eigenvalue weighted by atomic mass is 35.5. The summed E-state index contributed by atoms with van der Waals surface area (Å²) in [5.41, 5.74) is 7.48. The normalized spacial score (nSPS) is 10.4. The molecule has 0 aliphatic rings. The van der Waals surface area contributed by atoms with Crippen LogP contribution < -0.4 is 10.5 Å². The average Bonchev–Trinajstić information content (AvgIpc) is 2.48. The molecule has 0 bridgehead atoms. The van der Waals surface area contributed by atoms with Gasteiger partial charge in [-0.25, -0.2) is 0 Å². The predicted molar refractivity (Wildman–Crippen MR) is 89.4 cm³/mol. The predicted octanol–water partition coefficient (Wildman–Crippen LogP) is 3.96. The fourth-order valence-corrected chi connectivity index (χ4v) is 2.15. The van der Waals surface area contributed by atoms with Gasteiger partial charge in [0.2, 0.25) is 0 Å². The van der Waals surface area contributed by atoms with Crippen molar-refractivity contribution in [2.45, 2.75) is 6.42 Å². The van der Waals surface area contributed by atoms with Gasteiger partial charge >= 0.3 is 0 Å². The molecule has 2 N–H and O–H groups in total. The van der Waals surface area contributed by atoms with E-state index in [0.29, 0.717) is 22.4 Å². The Balaban J connectivity index is 2.09. The van der Waals surface area contributed by atoms with Gasteiger partial charge in [0.05, 0.1) is 11.6 Å². The summed E-state index contributed by atoms with van der Waals surface area (Å²) in [5.74, 6) is 1.29. The standard InChI is InChI=1S/C16H16ClNO2S/c1-19-9-8-11-2-5-13(6-3-11)20-15-7-4-12(16(18)21)10-14(15)17/h2-7,10H,8-9H2,1H3,(H2,18,21). The van der Waals surface area contributed by atoms with Crippen molar-refractivity contribution in [1.82, 2.24) is 0 Å². The van der Waals surface area contributed by atoms with Crippen LogP contribution in [0.25, 0.3) is 0 Å². The van der Waals surface area contributed by atoms with Crippen LogP contribution in [0.1, 0.15) is 11.1 Å². The third-order valence-electron chi connectivity index (χ3n) is 2.96. The van der Waals surface area contributed by atoms with Gasteiger partial charge in [-0.1, -0.05) is 36.0 Å². The van der Waals surface area contributed by atoms with Crippen molar-refractivity contribution in [3.8, 4) is 11.5 Å². The number of methoxy groups -OCH3 is 1. The summed E-state index contributed by atoms with van der Waals surface area (Å²) in [7, 11) is 1.69. The van der Waals surface area contributed by atoms with Crippen LogP contribution in [0.15, 0.2) is 42.5 Å². The highest BCUT2D eigenvalue weighted by Crippen LogP contribution is 2.30. The topological polar surface area (TPSA) is 44.5 Å². The Kier molecular flexibility index (Phi) is 5.56. The van der Waals surface area contributed by atoms with E-state index in [9.17, 15) is 0 Å². The van der Waals surface area contributed by atoms with E-state index in [4.69, 9.17) is 39.0 Å². The molecule has 2 aromatic rings. The lowest BCUT2D eigenvalue weighted by Gasteiger charge is -2.09. The van der Waals surface area contributed by atoms with Gasteiger partial charge in [0.1, 0.15) is 16.5 Å². The lowest BCUT2D eigenvalue weighted by molar-refractivity contribution is 0.202. The Bertz CT molecular complexity index is 629. The second kappa shape index (κ2) is 7.41. The molecule has 2 rings (SSSR count). The van der Waals surface area contributed by atoms with Crippen molar-refractivity contribution < 1.29 is 9.47 Å². The first-order valence-electron chi connectivity index (χ1n) is 6.45. The molecule has 5 heteroatoms. The number of hydrogen-bond donors (Lipinski definition) is 1. The van der Waals surface area contributed by atoms with Crippen LogP contribution in [-0.4, -0.2) is 18.7 Å². The van der Waals surface area contributed by atoms with E-state index in [2.05, 4.69) is 0 Å². The number of hydrogen-bond acceptors (Lipinski definition) is 3. The smallest absolute Gasteiger partial charge is 0.146 e. The SMILES string of the molecule is COCCc1ccc(Oc2ccc(C(N)=S)cc2Cl)cc1. The Morgan fingerprint density at radius 3 is 2.48 bits per heavy atom. The third kappa shape index (κ3) is 4.43. The molecule has 0 fully saturated rings. The average molecular weight is 322 g/mol. The Morgan fingerprint density at radius 1 is 1.19 bits per heavy atom. The van der Waals surface area contributed by atoms with E-state index < -0.39 is 0 Å². The first kappa shape index (κ1) is 15.8. The molecule has 0 unspecified atom stereocenters. The van der Waals surface area contributed by atoms with Crippen LogP contribution >= 0.6 is 23.8 Å². The Labute approximate surface area is 134 Å². The molecular formula is C16H16ClNO2S. The molecule has 0 saturated heterocycles. The molecule has 0 aromatic heterocycles. The summed E-state index contributed by atoms with van der Waals surface area (Å²) < 4.78 is 10.8. The number of rotatable bonds is 6. The Hall–Kier alpha value is -1.62. The number of benzene rings is 2. The van der Waals surface area contributed by atoms with Gasteiger partial charge < -0.3 is 15.2 Å². The molecule has 0 saturated carbocycles. The van der Waals surface area contributed by atoms with Crippen LogP contribution in [-0.2, 0) is 11.2 Å². The summed E-state index contributed by atoms with van der Waals surface area (Å²) >= 11 is 11.1. The zero-order valence-corrected chi connectivity index (χ0v) is 13.2. The maximum atomic E-state index is 6.17. The molecule has 0 atom stereocenters. The zero-order valence-electron chi connectivity index (χ0n) is 11.6. The van der Waals surface area contributed by atoms with Gasteiger partial charge in [-0.15, -0.1) is 0 Å². The molecule has 0 spiro atoms. The number of ether oxygens (including phenoxy) is 2. The van der Waals surface area contributed by atoms with Crippen molar-refractivity contribution in [2.24, 2.45) is 5.73 Å². The minimum atomic E-state index is 0.311. The first-order chi connectivity index (χ1) is 10.1. The summed E-state index contributed by atoms with van der Waals surface area (Å²) in [6.07, 6.45) is 0.875. The van der Waals surface area contributed by atoms with Crippen molar-refractivity contribution in [1.29, 1.82) is 0 Å². The zero-order chi connectivity index (χ0) is 15.2. The van der Waals surface area contributed by atoms with Gasteiger partial charge in [-0.3, -0.25) is 0 Å². The van der Waals surface area contributed by atoms with Crippen LogP contribution in [0.3, 0.4) is 0 Å². The van der Waals surface area contributed by atoms with Crippen LogP contribution in [0.4, 0.5) is 0 Å². The van der Waals surface area contributed by atoms with E-state index in [0.717, 1.165) is 17.7 Å². The van der Waals surface area contributed by atoms with Gasteiger partial charge in [0.15, 0.2) is 0 Å². The van der Waals surface area contributed by atoms with E-state index in [-0.39, 0.29) is 0 Å². The van der Waals surface area contributed by atoms with E-state index in [1.807, 2.05) is 24.3 Å². The monoisotopic (exact) mass is 321 g/mol. The molecule has 0 amide bonds. The van der Waals surface area contributed by atoms with Gasteiger partial charge in [0, 0.05) is 12.7 Å². The van der Waals surface area contributed by atoms with Crippen LogP contribution in [0.5, 0.6) is 11.5 Å². The van der Waals surface area contributed by atoms with Crippen molar-refractivity contribution in [3.05, 3.63) is 58.6 Å². The van der Waals surface area contributed by atoms with Gasteiger partial charge in [-0.2, -0.15) is 0 Å². The molecule has 0 aliphatic carbocycles. The summed E-state index contributed by atoms with van der Waals surface area (Å²) in [6, 6.07) is 13.1. The lowest BCUT2D eigenvalue weighted by atomic mass is 10.1. The van der Waals surface area contributed by atoms with Crippen molar-refractivity contribution in [3.63, 3.8) is 0 Å². The second-order valence-electron chi connectivity index (χ2n) is 4.50. The van der Waals surface area contributed by atoms with E-state index >= 15 is 0 Å². The minimum absolute atomic E-state index is 0.311. The molecule has 110 valence electrons. The Morgan fingerprint density at radius 2 is 1.90 bits per heavy atom. The minimum Gasteiger partial charge on any atom is -0.456 e. The second-order valence-corrected chi connectivity index (χ2v) is 5.35. The summed E-state index contributed by atoms with van der Waals surface area (Å²) in [5, 5.41) is 0.476. The van der Waals surface area contributed by atoms with Crippen molar-refractivity contribution >= 4 is 28.8 Å². The molecule has 0 heterocycles. The van der Waals surface area contributed by atoms with Crippen LogP contribution in [0, 0.1) is 0 Å². The third-order valence-corrected chi connectivity index (χ3v) is 3.49. The molecule has 0 aliphatic heterocycles. The fourth-order valence-electron chi connectivity index (χ4n) is 1.81. The highest BCUT2D eigenvalue weighted by Gasteiger charge is 2.06. The molecule has 3 nitrogen and oxygen atoms in total. The van der Waals surface area contributed by atoms with Gasteiger partial charge in [-0.05, 0) is 42.3 Å². The molecule has 21 heavy (non-hydrogen) atoms. The molecular weight excluding hydrogens is 306 g/mol. The summed E-state index contributed by atoms with van der Waals surface area (Å²) in [6.45, 7) is 0.701. The first-order valence-corrected chi connectivity index (χ1v) is 7.24. The number of thiocarbonyl (C=S) groups is 1. The van der Waals surface area contributed by atoms with E-state index in [1.165, 1.54) is 5.56 Å². The highest BCUT2D eigenvalue weighted by molar-refractivity contribution is 7.80. The summed E-state index contributed by atoms with van der Waals surface area (Å²) in [4.78, 5) is 0.311. The largest absolute Gasteiger partial charge is 0.456 e. The lowest BCUT2D eigenvalue weighted by Crippen LogP contribution is -2.08. The maximum Gasteiger partial charge on any atom is 0.146 e. The van der Waals surface area contributed by atoms with Gasteiger partial charge in [0.25, 0.3) is 0 Å². The molecule has 0 radical (unpaired) electrons.